The molecule has 1 aliphatic rings. The second-order valence-corrected chi connectivity index (χ2v) is 4.82. The van der Waals surface area contributed by atoms with Gasteiger partial charge in [0.2, 0.25) is 0 Å². The average Bonchev–Trinajstić information content (AvgIpc) is 2.31. The summed E-state index contributed by atoms with van der Waals surface area (Å²) in [5.74, 6) is 1.28. The lowest BCUT2D eigenvalue weighted by molar-refractivity contribution is 0.653. The summed E-state index contributed by atoms with van der Waals surface area (Å²) in [6.07, 6.45) is 12.2. The van der Waals surface area contributed by atoms with Crippen LogP contribution in [0.5, 0.6) is 0 Å². The number of hydrogen-bond acceptors (Lipinski definition) is 2. The quantitative estimate of drug-likeness (QED) is 0.556. The number of nitrogens with two attached hydrogens (primary N) is 1. The first-order valence-corrected chi connectivity index (χ1v) is 6.66. The van der Waals surface area contributed by atoms with Crippen LogP contribution < -0.4 is 5.73 Å². The standard InChI is InChI=1S/C11H21NS/c1-13-8-4-6-10-5-2-3-7-11(12)9-10/h9,11H,2-8,12H2,1H3. The summed E-state index contributed by atoms with van der Waals surface area (Å²) in [4.78, 5) is 0. The molecule has 0 amide bonds. The van der Waals surface area contributed by atoms with Crippen LogP contribution in [0.4, 0.5) is 0 Å². The Morgan fingerprint density at radius 2 is 2.38 bits per heavy atom. The van der Waals surface area contributed by atoms with Crippen LogP contribution in [0.2, 0.25) is 0 Å². The Morgan fingerprint density at radius 1 is 1.54 bits per heavy atom. The van der Waals surface area contributed by atoms with Crippen LogP contribution in [0.1, 0.15) is 38.5 Å². The number of rotatable bonds is 4. The Bertz CT molecular complexity index is 165. The van der Waals surface area contributed by atoms with Crippen molar-refractivity contribution < 1.29 is 0 Å². The van der Waals surface area contributed by atoms with Gasteiger partial charge >= 0.3 is 0 Å². The molecule has 0 saturated heterocycles. The molecule has 2 heteroatoms. The first kappa shape index (κ1) is 11.1. The van der Waals surface area contributed by atoms with E-state index in [1.54, 1.807) is 5.57 Å². The molecular weight excluding hydrogens is 178 g/mol. The molecule has 2 N–H and O–H groups in total. The second-order valence-electron chi connectivity index (χ2n) is 3.83. The van der Waals surface area contributed by atoms with Gasteiger partial charge in [0.15, 0.2) is 0 Å². The summed E-state index contributed by atoms with van der Waals surface area (Å²) < 4.78 is 0. The smallest absolute Gasteiger partial charge is 0.0226 e. The van der Waals surface area contributed by atoms with Gasteiger partial charge in [0.25, 0.3) is 0 Å². The molecule has 76 valence electrons. The van der Waals surface area contributed by atoms with E-state index in [0.29, 0.717) is 6.04 Å². The molecule has 13 heavy (non-hydrogen) atoms. The van der Waals surface area contributed by atoms with Gasteiger partial charge in [-0.05, 0) is 44.1 Å². The van der Waals surface area contributed by atoms with Crippen molar-refractivity contribution in [3.05, 3.63) is 11.6 Å². The first-order valence-electron chi connectivity index (χ1n) is 5.27. The monoisotopic (exact) mass is 199 g/mol. The van der Waals surface area contributed by atoms with Crippen LogP contribution in [0, 0.1) is 0 Å². The minimum atomic E-state index is 0.340. The molecule has 0 aromatic carbocycles. The van der Waals surface area contributed by atoms with Crippen molar-refractivity contribution in [2.45, 2.75) is 44.6 Å². The third kappa shape index (κ3) is 4.72. The molecule has 0 aromatic rings. The summed E-state index contributed by atoms with van der Waals surface area (Å²) in [5, 5.41) is 0. The zero-order valence-electron chi connectivity index (χ0n) is 8.59. The van der Waals surface area contributed by atoms with Gasteiger partial charge in [0.1, 0.15) is 0 Å². The van der Waals surface area contributed by atoms with E-state index in [1.807, 2.05) is 11.8 Å². The van der Waals surface area contributed by atoms with Gasteiger partial charge in [-0.15, -0.1) is 0 Å². The maximum absolute atomic E-state index is 5.95. The SMILES string of the molecule is CSCCCC1=CC(N)CCCC1. The van der Waals surface area contributed by atoms with Crippen molar-refractivity contribution in [1.29, 1.82) is 0 Å². The normalized spacial score (nSPS) is 23.8. The zero-order chi connectivity index (χ0) is 9.52. The van der Waals surface area contributed by atoms with E-state index >= 15 is 0 Å². The van der Waals surface area contributed by atoms with Crippen LogP contribution in [-0.2, 0) is 0 Å². The lowest BCUT2D eigenvalue weighted by atomic mass is 10.1. The van der Waals surface area contributed by atoms with Crippen LogP contribution in [0.3, 0.4) is 0 Å². The molecule has 1 aliphatic carbocycles. The Balaban J connectivity index is 2.28. The highest BCUT2D eigenvalue weighted by Gasteiger charge is 2.07. The third-order valence-electron chi connectivity index (χ3n) is 2.58. The molecule has 0 heterocycles. The zero-order valence-corrected chi connectivity index (χ0v) is 9.41. The fraction of sp³-hybridized carbons (Fsp3) is 0.818. The predicted molar refractivity (Wildman–Crippen MR) is 62.1 cm³/mol. The molecule has 1 nitrogen and oxygen atoms in total. The summed E-state index contributed by atoms with van der Waals surface area (Å²) in [6.45, 7) is 0. The minimum absolute atomic E-state index is 0.340. The molecule has 1 unspecified atom stereocenters. The average molecular weight is 199 g/mol. The largest absolute Gasteiger partial charge is 0.324 e. The van der Waals surface area contributed by atoms with Crippen molar-refractivity contribution in [2.24, 2.45) is 5.73 Å². The van der Waals surface area contributed by atoms with Crippen molar-refractivity contribution >= 4 is 11.8 Å². The number of thioether (sulfide) groups is 1. The van der Waals surface area contributed by atoms with E-state index < -0.39 is 0 Å². The molecule has 1 atom stereocenters. The minimum Gasteiger partial charge on any atom is -0.324 e. The lowest BCUT2D eigenvalue weighted by Gasteiger charge is -2.05. The molecule has 0 saturated carbocycles. The van der Waals surface area contributed by atoms with Crippen molar-refractivity contribution in [2.75, 3.05) is 12.0 Å². The van der Waals surface area contributed by atoms with Gasteiger partial charge in [-0.25, -0.2) is 0 Å². The van der Waals surface area contributed by atoms with E-state index in [9.17, 15) is 0 Å². The first-order chi connectivity index (χ1) is 6.33. The van der Waals surface area contributed by atoms with Crippen LogP contribution in [0.25, 0.3) is 0 Å². The molecule has 0 aromatic heterocycles. The van der Waals surface area contributed by atoms with E-state index in [2.05, 4.69) is 12.3 Å². The van der Waals surface area contributed by atoms with Crippen LogP contribution >= 0.6 is 11.8 Å². The lowest BCUT2D eigenvalue weighted by Crippen LogP contribution is -2.15. The summed E-state index contributed by atoms with van der Waals surface area (Å²) >= 11 is 1.94. The fourth-order valence-electron chi connectivity index (χ4n) is 1.85. The van der Waals surface area contributed by atoms with E-state index in [-0.39, 0.29) is 0 Å². The summed E-state index contributed by atoms with van der Waals surface area (Å²) in [6, 6.07) is 0.340. The predicted octanol–water partition coefficient (Wildman–Crippen LogP) is 2.96. The number of hydrogen-bond donors (Lipinski definition) is 1. The Morgan fingerprint density at radius 3 is 3.15 bits per heavy atom. The fourth-order valence-corrected chi connectivity index (χ4v) is 2.29. The molecule has 0 bridgehead atoms. The summed E-state index contributed by atoms with van der Waals surface area (Å²) in [7, 11) is 0. The van der Waals surface area contributed by atoms with Crippen LogP contribution in [-0.4, -0.2) is 18.1 Å². The molecular formula is C11H21NS. The van der Waals surface area contributed by atoms with Gasteiger partial charge < -0.3 is 5.73 Å². The van der Waals surface area contributed by atoms with E-state index in [4.69, 9.17) is 5.73 Å². The highest BCUT2D eigenvalue weighted by atomic mass is 32.2. The van der Waals surface area contributed by atoms with Gasteiger partial charge in [0, 0.05) is 6.04 Å². The maximum Gasteiger partial charge on any atom is 0.0226 e. The Labute approximate surface area is 86.2 Å². The Hall–Kier alpha value is 0.0500. The van der Waals surface area contributed by atoms with Crippen LogP contribution in [0.15, 0.2) is 11.6 Å². The van der Waals surface area contributed by atoms with Gasteiger partial charge in [0.05, 0.1) is 0 Å². The number of allylic oxidation sites excluding steroid dienone is 1. The molecule has 0 spiro atoms. The molecule has 0 fully saturated rings. The summed E-state index contributed by atoms with van der Waals surface area (Å²) in [5.41, 5.74) is 7.56. The van der Waals surface area contributed by atoms with Gasteiger partial charge in [-0.3, -0.25) is 0 Å². The van der Waals surface area contributed by atoms with Crippen molar-refractivity contribution in [3.63, 3.8) is 0 Å². The third-order valence-corrected chi connectivity index (χ3v) is 3.28. The topological polar surface area (TPSA) is 26.0 Å². The second kappa shape index (κ2) is 6.50. The molecule has 0 radical (unpaired) electrons. The van der Waals surface area contributed by atoms with Crippen molar-refractivity contribution in [3.8, 4) is 0 Å². The van der Waals surface area contributed by atoms with Crippen molar-refractivity contribution in [1.82, 2.24) is 0 Å². The van der Waals surface area contributed by atoms with Gasteiger partial charge in [-0.1, -0.05) is 18.1 Å². The van der Waals surface area contributed by atoms with E-state index in [0.717, 1.165) is 0 Å². The van der Waals surface area contributed by atoms with E-state index in [1.165, 1.54) is 44.3 Å². The molecule has 1 rings (SSSR count). The highest BCUT2D eigenvalue weighted by molar-refractivity contribution is 7.98. The Kier molecular flexibility index (Phi) is 5.56. The molecule has 0 aliphatic heterocycles. The maximum atomic E-state index is 5.95. The van der Waals surface area contributed by atoms with Gasteiger partial charge in [-0.2, -0.15) is 11.8 Å². The highest BCUT2D eigenvalue weighted by Crippen LogP contribution is 2.20.